The van der Waals surface area contributed by atoms with Crippen LogP contribution in [0.3, 0.4) is 0 Å². The number of nitro groups is 1. The summed E-state index contributed by atoms with van der Waals surface area (Å²) >= 11 is 1.44. The van der Waals surface area contributed by atoms with Gasteiger partial charge >= 0.3 is 11.7 Å². The second-order valence-electron chi connectivity index (χ2n) is 22.0. The molecule has 0 spiro atoms. The standard InChI is InChI=1S/C56H81N17O17S/c1-28(2)20-36(50(81)64-34(48(58)79)17-19-91-6)63-42(76)25-60-55(86)44(29(3)4)69-53(84)37(21-31-12-8-7-9-13-31)66-54(85)40(26-74)68-52(83)39(23-43(77)78)67-56(87)45(30(5)75)70-49(80)35(14-10-11-18-57)65-51(82)38(22-32-24-59-27-61-32)62-33-15-16-41(73(88)89)47-46(33)71-90-72-47/h7-9,12-13,15-16,24,27-30,34-40,44-45,62,74-75H,10-11,14,17-23,25-26,57H2,1-6H3,(H2,58,79)(H,59,61)(H,60,86)(H,63,76)(H,64,81)(H,65,82)(H,66,85)(H,67,87)(H,68,83)(H,69,84)(H,70,80)(H,77,78)/t30-,34+,35+,36+,37+,38+,39+,40+,44+,45+/m1/s1. The molecule has 4 aromatic rings. The van der Waals surface area contributed by atoms with Crippen LogP contribution in [0.15, 0.2) is 59.6 Å². The summed E-state index contributed by atoms with van der Waals surface area (Å²) in [5.41, 5.74) is 11.5. The number of carboxylic acids is 1. The Labute approximate surface area is 526 Å². The molecule has 18 N–H and O–H groups in total. The third-order valence-corrected chi connectivity index (χ3v) is 14.5. The van der Waals surface area contributed by atoms with E-state index in [1.807, 2.05) is 20.1 Å². The van der Waals surface area contributed by atoms with E-state index >= 15 is 0 Å². The minimum atomic E-state index is -2.07. The van der Waals surface area contributed by atoms with Crippen LogP contribution in [0.4, 0.5) is 11.4 Å². The first-order valence-corrected chi connectivity index (χ1v) is 30.4. The molecule has 4 rings (SSSR count). The van der Waals surface area contributed by atoms with Crippen LogP contribution >= 0.6 is 11.8 Å². The van der Waals surface area contributed by atoms with E-state index in [0.717, 1.165) is 13.0 Å². The number of aromatic nitrogens is 4. The van der Waals surface area contributed by atoms with Gasteiger partial charge in [-0.25, -0.2) is 9.61 Å². The number of unbranched alkanes of at least 4 members (excludes halogenated alkanes) is 1. The summed E-state index contributed by atoms with van der Waals surface area (Å²) in [6, 6.07) is -3.09. The Bertz CT molecular complexity index is 3130. The zero-order valence-electron chi connectivity index (χ0n) is 51.0. The van der Waals surface area contributed by atoms with Crippen molar-refractivity contribution < 1.29 is 77.6 Å². The van der Waals surface area contributed by atoms with Gasteiger partial charge in [0.2, 0.25) is 64.6 Å². The smallest absolute Gasteiger partial charge is 0.305 e. The van der Waals surface area contributed by atoms with Gasteiger partial charge in [0.1, 0.15) is 54.4 Å². The fourth-order valence-corrected chi connectivity index (χ4v) is 9.55. The number of hydrogen-bond donors (Lipinski definition) is 16. The maximum atomic E-state index is 14.2. The molecule has 91 heavy (non-hydrogen) atoms. The number of rotatable bonds is 40. The summed E-state index contributed by atoms with van der Waals surface area (Å²) in [6.45, 7) is 6.23. The first-order chi connectivity index (χ1) is 43.2. The Kier molecular flexibility index (Phi) is 30.1. The Morgan fingerprint density at radius 1 is 0.681 bits per heavy atom. The predicted molar refractivity (Wildman–Crippen MR) is 327 cm³/mol. The number of H-pyrrole nitrogens is 1. The number of anilines is 1. The number of primary amides is 1. The van der Waals surface area contributed by atoms with Gasteiger partial charge in [-0.15, -0.1) is 0 Å². The summed E-state index contributed by atoms with van der Waals surface area (Å²) in [5.74, 6) is -11.6. The molecule has 2 heterocycles. The van der Waals surface area contributed by atoms with Gasteiger partial charge in [0.25, 0.3) is 0 Å². The lowest BCUT2D eigenvalue weighted by atomic mass is 10.0. The molecule has 10 amide bonds. The number of aliphatic hydroxyl groups excluding tert-OH is 2. The van der Waals surface area contributed by atoms with E-state index in [1.165, 1.54) is 30.4 Å². The largest absolute Gasteiger partial charge is 0.481 e. The third kappa shape index (κ3) is 23.8. The molecule has 2 aromatic carbocycles. The van der Waals surface area contributed by atoms with Crippen molar-refractivity contribution in [2.24, 2.45) is 23.3 Å². The topological polar surface area (TPSA) is 532 Å². The summed E-state index contributed by atoms with van der Waals surface area (Å²) in [5, 5.41) is 75.1. The number of amides is 10. The van der Waals surface area contributed by atoms with Crippen molar-refractivity contribution in [3.05, 3.63) is 76.4 Å². The number of benzene rings is 2. The van der Waals surface area contributed by atoms with E-state index in [2.05, 4.69) is 73.4 Å². The number of aromatic amines is 1. The molecule has 0 unspecified atom stereocenters. The lowest BCUT2D eigenvalue weighted by Gasteiger charge is -2.28. The van der Waals surface area contributed by atoms with Crippen LogP contribution in [0, 0.1) is 22.0 Å². The van der Waals surface area contributed by atoms with E-state index in [-0.39, 0.29) is 67.7 Å². The number of nitrogens with two attached hydrogens (primary N) is 2. The predicted octanol–water partition coefficient (Wildman–Crippen LogP) is -2.97. The van der Waals surface area contributed by atoms with Gasteiger partial charge in [0, 0.05) is 30.8 Å². The average Bonchev–Trinajstić information content (AvgIpc) is 1.80. The monoisotopic (exact) mass is 1300 g/mol. The number of hydrogen-bond acceptors (Lipinski definition) is 22. The van der Waals surface area contributed by atoms with Crippen LogP contribution < -0.4 is 64.6 Å². The number of carbonyl (C=O) groups is 11. The minimum absolute atomic E-state index is 0.0806. The molecule has 0 saturated carbocycles. The molecule has 0 radical (unpaired) electrons. The van der Waals surface area contributed by atoms with E-state index in [4.69, 9.17) is 16.1 Å². The van der Waals surface area contributed by atoms with Gasteiger partial charge in [-0.3, -0.25) is 62.9 Å². The second-order valence-corrected chi connectivity index (χ2v) is 23.0. The van der Waals surface area contributed by atoms with E-state index in [1.54, 1.807) is 44.2 Å². The van der Waals surface area contributed by atoms with Gasteiger partial charge < -0.3 is 84.9 Å². The summed E-state index contributed by atoms with van der Waals surface area (Å²) in [6.07, 6.45) is 2.26. The Balaban J connectivity index is 1.49. The molecule has 10 atom stereocenters. The van der Waals surface area contributed by atoms with Gasteiger partial charge in [-0.05, 0) is 91.4 Å². The fourth-order valence-electron chi connectivity index (χ4n) is 9.07. The van der Waals surface area contributed by atoms with Crippen molar-refractivity contribution in [3.63, 3.8) is 0 Å². The highest BCUT2D eigenvalue weighted by molar-refractivity contribution is 7.98. The number of aliphatic hydroxyl groups is 2. The fraction of sp³-hybridized carbons (Fsp3) is 0.536. The van der Waals surface area contributed by atoms with Crippen LogP contribution in [0.5, 0.6) is 0 Å². The molecule has 0 aliphatic rings. The van der Waals surface area contributed by atoms with Crippen LogP contribution in [-0.2, 0) is 65.6 Å². The number of aliphatic carboxylic acids is 1. The van der Waals surface area contributed by atoms with Crippen molar-refractivity contribution in [3.8, 4) is 0 Å². The molecule has 0 fully saturated rings. The SMILES string of the molecule is CSCC[C@H](NC(=O)[C@H](CC(C)C)NC(=O)CNC(=O)[C@@H](NC(=O)[C@H](Cc1ccccc1)NC(=O)[C@H](CO)NC(=O)[C@H](CC(=O)O)NC(=O)[C@@H](NC(=O)[C@H](CCCCN)NC(=O)[C@H](Cc1cnc[nH]1)Nc1ccc([N+](=O)[O-])c2nonc12)[C@@H](C)O)C(C)C)C(N)=O. The maximum Gasteiger partial charge on any atom is 0.305 e. The first kappa shape index (κ1) is 74.1. The molecule has 0 saturated heterocycles. The van der Waals surface area contributed by atoms with E-state index < -0.39 is 162 Å². The molecule has 34 nitrogen and oxygen atoms in total. The second kappa shape index (κ2) is 37.0. The number of carboxylic acid groups (broad SMARTS) is 1. The molecule has 498 valence electrons. The van der Waals surface area contributed by atoms with Gasteiger partial charge in [-0.1, -0.05) is 58.0 Å². The summed E-state index contributed by atoms with van der Waals surface area (Å²) in [7, 11) is 0. The summed E-state index contributed by atoms with van der Waals surface area (Å²) < 4.78 is 4.76. The minimum Gasteiger partial charge on any atom is -0.481 e. The molecule has 0 aliphatic carbocycles. The Morgan fingerprint density at radius 2 is 1.27 bits per heavy atom. The van der Waals surface area contributed by atoms with Crippen molar-refractivity contribution >= 4 is 99.2 Å². The third-order valence-electron chi connectivity index (χ3n) is 13.9. The number of fused-ring (bicyclic) bond motifs is 1. The molecular weight excluding hydrogens is 1210 g/mol. The van der Waals surface area contributed by atoms with Crippen LogP contribution in [0.1, 0.15) is 84.4 Å². The zero-order valence-corrected chi connectivity index (χ0v) is 51.8. The van der Waals surface area contributed by atoms with Gasteiger partial charge in [-0.2, -0.15) is 11.8 Å². The lowest BCUT2D eigenvalue weighted by molar-refractivity contribution is -0.383. The van der Waals surface area contributed by atoms with Crippen molar-refractivity contribution in [1.29, 1.82) is 0 Å². The highest BCUT2D eigenvalue weighted by atomic mass is 32.2. The number of imidazole rings is 1. The zero-order chi connectivity index (χ0) is 67.5. The van der Waals surface area contributed by atoms with Crippen LogP contribution in [0.25, 0.3) is 11.0 Å². The number of carbonyl (C=O) groups excluding carboxylic acids is 10. The van der Waals surface area contributed by atoms with Crippen LogP contribution in [0.2, 0.25) is 0 Å². The van der Waals surface area contributed by atoms with Crippen molar-refractivity contribution in [1.82, 2.24) is 68.1 Å². The van der Waals surface area contributed by atoms with Crippen LogP contribution in [-0.4, -0.2) is 198 Å². The highest BCUT2D eigenvalue weighted by Crippen LogP contribution is 2.29. The molecule has 0 aliphatic heterocycles. The van der Waals surface area contributed by atoms with Crippen molar-refractivity contribution in [2.45, 2.75) is 146 Å². The normalized spacial score (nSPS) is 14.5. The van der Waals surface area contributed by atoms with Gasteiger partial charge in [0.15, 0.2) is 5.52 Å². The lowest BCUT2D eigenvalue weighted by Crippen LogP contribution is -2.62. The number of nitrogens with one attached hydrogen (secondary N) is 11. The maximum absolute atomic E-state index is 14.2. The Morgan fingerprint density at radius 3 is 1.87 bits per heavy atom. The Hall–Kier alpha value is -9.35. The quantitative estimate of drug-likeness (QED) is 0.0120. The highest BCUT2D eigenvalue weighted by Gasteiger charge is 2.37. The molecular formula is C56H81N17O17S. The summed E-state index contributed by atoms with van der Waals surface area (Å²) in [4.78, 5) is 167. The first-order valence-electron chi connectivity index (χ1n) is 29.0. The van der Waals surface area contributed by atoms with Crippen molar-refractivity contribution in [2.75, 3.05) is 37.0 Å². The van der Waals surface area contributed by atoms with E-state index in [9.17, 15) is 78.2 Å². The molecule has 2 aromatic heterocycles. The number of non-ortho nitro benzene ring substituents is 1. The number of thioether (sulfide) groups is 1. The molecule has 0 bridgehead atoms. The van der Waals surface area contributed by atoms with Gasteiger partial charge in [0.05, 0.1) is 42.6 Å². The number of nitro benzene ring substituents is 1. The van der Waals surface area contributed by atoms with E-state index in [0.29, 0.717) is 23.4 Å². The molecule has 35 heteroatoms. The number of nitrogens with zero attached hydrogens (tertiary/aromatic N) is 4. The average molecular weight is 1300 g/mol.